The number of carbonyl (C=O) groups is 4. The number of ether oxygens (including phenoxy) is 1. The van der Waals surface area contributed by atoms with Gasteiger partial charge in [0.05, 0.1) is 24.4 Å². The normalized spacial score (nSPS) is 32.0. The summed E-state index contributed by atoms with van der Waals surface area (Å²) in [5.74, 6) is -5.32. The van der Waals surface area contributed by atoms with Gasteiger partial charge in [0.25, 0.3) is 11.8 Å². The van der Waals surface area contributed by atoms with Crippen molar-refractivity contribution in [3.8, 4) is 17.2 Å². The van der Waals surface area contributed by atoms with Crippen molar-refractivity contribution in [3.63, 3.8) is 0 Å². The molecule has 9 nitrogen and oxygen atoms in total. The van der Waals surface area contributed by atoms with Crippen molar-refractivity contribution in [1.82, 2.24) is 9.80 Å². The summed E-state index contributed by atoms with van der Waals surface area (Å²) in [6, 6.07) is 11.3. The van der Waals surface area contributed by atoms with Gasteiger partial charge in [-0.15, -0.1) is 23.2 Å². The number of phenols is 2. The molecule has 2 saturated heterocycles. The molecule has 0 unspecified atom stereocenters. The van der Waals surface area contributed by atoms with Crippen molar-refractivity contribution in [3.05, 3.63) is 65.2 Å². The number of hydrogen-bond acceptors (Lipinski definition) is 7. The summed E-state index contributed by atoms with van der Waals surface area (Å²) in [4.78, 5) is 53.3. The Hall–Kier alpha value is -3.08. The van der Waals surface area contributed by atoms with Gasteiger partial charge in [0.1, 0.15) is 5.75 Å². The van der Waals surface area contributed by atoms with Crippen molar-refractivity contribution in [1.29, 1.82) is 0 Å². The number of amides is 4. The monoisotopic (exact) mass is 676 g/mol. The van der Waals surface area contributed by atoms with Crippen LogP contribution in [-0.2, 0) is 25.6 Å². The van der Waals surface area contributed by atoms with E-state index in [1.165, 1.54) is 12.0 Å². The number of nitrogens with zero attached hydrogens (tertiary/aromatic N) is 2. The number of imide groups is 2. The predicted molar refractivity (Wildman–Crippen MR) is 157 cm³/mol. The number of methoxy groups -OCH3 is 1. The van der Waals surface area contributed by atoms with Crippen LogP contribution in [0.15, 0.2) is 54.1 Å². The smallest absolute Gasteiger partial charge is 0.254 e. The number of carbonyl (C=O) groups excluding carboxylic acids is 4. The molecule has 6 atom stereocenters. The molecule has 42 heavy (non-hydrogen) atoms. The Bertz CT molecular complexity index is 1550. The van der Waals surface area contributed by atoms with Gasteiger partial charge in [0.15, 0.2) is 21.2 Å². The van der Waals surface area contributed by atoms with Crippen molar-refractivity contribution >= 4 is 62.8 Å². The molecule has 6 rings (SSSR count). The van der Waals surface area contributed by atoms with Gasteiger partial charge in [-0.3, -0.25) is 29.0 Å². The Labute approximate surface area is 260 Å². The van der Waals surface area contributed by atoms with Crippen LogP contribution in [0.25, 0.3) is 0 Å². The number of halogens is 3. The van der Waals surface area contributed by atoms with Crippen LogP contribution in [0.3, 0.4) is 0 Å². The molecule has 1 saturated carbocycles. The molecule has 2 N–H and O–H groups in total. The van der Waals surface area contributed by atoms with E-state index in [4.69, 9.17) is 27.9 Å². The van der Waals surface area contributed by atoms with Crippen LogP contribution in [0.5, 0.6) is 17.2 Å². The van der Waals surface area contributed by atoms with Crippen LogP contribution in [0, 0.1) is 17.8 Å². The minimum Gasteiger partial charge on any atom is -0.508 e. The van der Waals surface area contributed by atoms with E-state index in [-0.39, 0.29) is 59.5 Å². The Morgan fingerprint density at radius 2 is 1.69 bits per heavy atom. The zero-order valence-electron chi connectivity index (χ0n) is 22.4. The maximum atomic E-state index is 14.0. The molecule has 4 aliphatic rings. The highest BCUT2D eigenvalue weighted by molar-refractivity contribution is 9.09. The Morgan fingerprint density at radius 3 is 2.36 bits per heavy atom. The molecule has 0 aromatic heterocycles. The third-order valence-corrected chi connectivity index (χ3v) is 11.1. The minimum atomic E-state index is -2.01. The number of phenolic OH excluding ortho intramolecular Hbond substituents is 2. The molecule has 2 heterocycles. The van der Waals surface area contributed by atoms with E-state index in [1.54, 1.807) is 42.5 Å². The van der Waals surface area contributed by atoms with Gasteiger partial charge in [-0.2, -0.15) is 0 Å². The molecule has 0 bridgehead atoms. The van der Waals surface area contributed by atoms with Gasteiger partial charge in [-0.25, -0.2) is 0 Å². The first kappa shape index (κ1) is 29.0. The van der Waals surface area contributed by atoms with Crippen molar-refractivity contribution in [2.24, 2.45) is 17.8 Å². The van der Waals surface area contributed by atoms with E-state index >= 15 is 0 Å². The molecule has 0 radical (unpaired) electrons. The zero-order valence-corrected chi connectivity index (χ0v) is 25.5. The number of alkyl halides is 3. The van der Waals surface area contributed by atoms with Crippen molar-refractivity contribution in [2.75, 3.05) is 19.1 Å². The summed E-state index contributed by atoms with van der Waals surface area (Å²) in [6.07, 6.45) is 2.31. The van der Waals surface area contributed by atoms with Gasteiger partial charge in [-0.1, -0.05) is 51.8 Å². The van der Waals surface area contributed by atoms with E-state index in [2.05, 4.69) is 15.9 Å². The molecule has 2 aliphatic heterocycles. The minimum absolute atomic E-state index is 0.120. The number of allylic oxidation sites excluding steroid dienone is 2. The van der Waals surface area contributed by atoms with Gasteiger partial charge < -0.3 is 14.9 Å². The second kappa shape index (κ2) is 10.3. The Balaban J connectivity index is 1.43. The van der Waals surface area contributed by atoms with Crippen LogP contribution in [0.2, 0.25) is 0 Å². The zero-order chi connectivity index (χ0) is 30.1. The first-order chi connectivity index (χ1) is 20.0. The lowest BCUT2D eigenvalue weighted by Crippen LogP contribution is -2.60. The average Bonchev–Trinajstić information content (AvgIpc) is 3.30. The van der Waals surface area contributed by atoms with E-state index in [0.29, 0.717) is 12.0 Å². The van der Waals surface area contributed by atoms with Gasteiger partial charge in [-0.05, 0) is 48.9 Å². The number of para-hydroxylation sites is 1. The third-order valence-electron chi connectivity index (χ3n) is 9.23. The molecule has 2 aliphatic carbocycles. The number of aromatic hydroxyl groups is 2. The van der Waals surface area contributed by atoms with E-state index in [1.807, 2.05) is 6.08 Å². The molecular weight excluding hydrogens is 651 g/mol. The highest BCUT2D eigenvalue weighted by atomic mass is 79.9. The predicted octanol–water partition coefficient (Wildman–Crippen LogP) is 4.06. The SMILES string of the molecule is COc1cccc([C@H]2C3=CC[C@@H]4C(=O)N(CCc5ccc(O)cc5)C(=O)[C@@H]4[C@@H]3C[C@@]3(Cl)C(=O)N(CBr)C(=O)[C@@]23Cl)c1O. The maximum Gasteiger partial charge on any atom is 0.254 e. The molecule has 2 aromatic carbocycles. The third kappa shape index (κ3) is 3.87. The molecule has 3 fully saturated rings. The maximum absolute atomic E-state index is 14.0. The van der Waals surface area contributed by atoms with Gasteiger partial charge in [0.2, 0.25) is 11.8 Å². The first-order valence-electron chi connectivity index (χ1n) is 13.5. The lowest BCUT2D eigenvalue weighted by atomic mass is 9.56. The summed E-state index contributed by atoms with van der Waals surface area (Å²) < 4.78 is 5.32. The number of rotatable bonds is 6. The van der Waals surface area contributed by atoms with Gasteiger partial charge >= 0.3 is 0 Å². The largest absolute Gasteiger partial charge is 0.508 e. The lowest BCUT2D eigenvalue weighted by Gasteiger charge is -2.50. The Kier molecular flexibility index (Phi) is 7.10. The summed E-state index contributed by atoms with van der Waals surface area (Å²) in [7, 11) is 1.39. The van der Waals surface area contributed by atoms with Crippen molar-refractivity contribution in [2.45, 2.75) is 34.9 Å². The quantitative estimate of drug-likeness (QED) is 0.205. The fourth-order valence-corrected chi connectivity index (χ4v) is 8.64. The van der Waals surface area contributed by atoms with E-state index < -0.39 is 45.2 Å². The average molecular weight is 678 g/mol. The topological polar surface area (TPSA) is 124 Å². The lowest BCUT2D eigenvalue weighted by molar-refractivity contribution is -0.141. The van der Waals surface area contributed by atoms with Gasteiger partial charge in [0, 0.05) is 18.0 Å². The van der Waals surface area contributed by atoms with Crippen LogP contribution in [0.4, 0.5) is 0 Å². The second-order valence-corrected chi connectivity index (χ2v) is 12.9. The summed E-state index contributed by atoms with van der Waals surface area (Å²) >= 11 is 17.6. The van der Waals surface area contributed by atoms with Crippen LogP contribution >= 0.6 is 39.1 Å². The highest BCUT2D eigenvalue weighted by Gasteiger charge is 2.76. The number of fused-ring (bicyclic) bond motifs is 4. The number of likely N-dealkylation sites (tertiary alicyclic amines) is 2. The molecule has 2 aromatic rings. The summed E-state index contributed by atoms with van der Waals surface area (Å²) in [5, 5.41) is 20.8. The first-order valence-corrected chi connectivity index (χ1v) is 15.4. The standard InChI is InChI=1S/C30H27BrCl2N2O7/c1-42-21-4-2-3-19(24(21)37)23-17-9-10-18-22(20(17)13-29(32)27(40)35(14-31)28(41)30(23,29)33)26(39)34(25(18)38)12-11-15-5-7-16(36)8-6-15/h2-9,18,20,22-23,36-37H,10-14H2,1H3/t18-,20+,22-,23+,29+,30-/m0/s1. The molecule has 0 spiro atoms. The highest BCUT2D eigenvalue weighted by Crippen LogP contribution is 2.66. The molecular formula is C30H27BrCl2N2O7. The fourth-order valence-electron chi connectivity index (χ4n) is 7.22. The molecule has 4 amide bonds. The van der Waals surface area contributed by atoms with Crippen molar-refractivity contribution < 1.29 is 34.1 Å². The van der Waals surface area contributed by atoms with Crippen LogP contribution < -0.4 is 4.74 Å². The van der Waals surface area contributed by atoms with Crippen LogP contribution in [0.1, 0.15) is 29.9 Å². The fraction of sp³-hybridized carbons (Fsp3) is 0.400. The number of benzene rings is 2. The molecule has 220 valence electrons. The van der Waals surface area contributed by atoms with E-state index in [0.717, 1.165) is 10.5 Å². The summed E-state index contributed by atoms with van der Waals surface area (Å²) in [6.45, 7) is 0.151. The summed E-state index contributed by atoms with van der Waals surface area (Å²) in [5.41, 5.74) is 1.54. The molecule has 12 heteroatoms. The number of hydrogen-bond donors (Lipinski definition) is 2. The Morgan fingerprint density at radius 1 is 0.976 bits per heavy atom. The van der Waals surface area contributed by atoms with E-state index in [9.17, 15) is 29.4 Å². The van der Waals surface area contributed by atoms with Crippen LogP contribution in [-0.4, -0.2) is 72.5 Å². The second-order valence-electron chi connectivity index (χ2n) is 11.1.